The highest BCUT2D eigenvalue weighted by molar-refractivity contribution is 6.33. The molecule has 0 saturated carbocycles. The predicted molar refractivity (Wildman–Crippen MR) is 97.6 cm³/mol. The molecule has 0 spiro atoms. The number of carbonyl (C=O) groups excluding carboxylic acids is 2. The Morgan fingerprint density at radius 2 is 1.96 bits per heavy atom. The Kier molecular flexibility index (Phi) is 5.78. The monoisotopic (exact) mass is 365 g/mol. The number of carbonyl (C=O) groups is 2. The number of nitrogens with zero attached hydrogens (tertiary/aromatic N) is 2. The van der Waals surface area contributed by atoms with E-state index in [0.29, 0.717) is 26.1 Å². The van der Waals surface area contributed by atoms with Gasteiger partial charge in [0.05, 0.1) is 23.3 Å². The molecule has 2 heterocycles. The Morgan fingerprint density at radius 1 is 1.24 bits per heavy atom. The molecule has 8 heteroatoms. The summed E-state index contributed by atoms with van der Waals surface area (Å²) in [5.74, 6) is -0.0865. The summed E-state index contributed by atoms with van der Waals surface area (Å²) in [5.41, 5.74) is 6.33. The van der Waals surface area contributed by atoms with Crippen LogP contribution < -0.4 is 21.3 Å². The molecule has 1 aromatic rings. The van der Waals surface area contributed by atoms with E-state index in [1.807, 2.05) is 29.2 Å². The second kappa shape index (κ2) is 8.03. The van der Waals surface area contributed by atoms with E-state index in [-0.39, 0.29) is 30.4 Å². The van der Waals surface area contributed by atoms with Crippen LogP contribution in [0, 0.1) is 0 Å². The molecule has 2 fully saturated rings. The van der Waals surface area contributed by atoms with E-state index in [9.17, 15) is 9.59 Å². The highest BCUT2D eigenvalue weighted by Gasteiger charge is 2.34. The minimum Gasteiger partial charge on any atom is -0.367 e. The zero-order chi connectivity index (χ0) is 17.8. The third-order valence-electron chi connectivity index (χ3n) is 4.76. The van der Waals surface area contributed by atoms with Crippen LogP contribution in [0.4, 0.5) is 5.69 Å². The molecule has 2 saturated heterocycles. The van der Waals surface area contributed by atoms with Crippen LogP contribution in [0.1, 0.15) is 6.42 Å². The molecule has 7 nitrogen and oxygen atoms in total. The van der Waals surface area contributed by atoms with Gasteiger partial charge in [-0.15, -0.1) is 0 Å². The van der Waals surface area contributed by atoms with Gasteiger partial charge in [-0.05, 0) is 18.6 Å². The van der Waals surface area contributed by atoms with Gasteiger partial charge < -0.3 is 26.2 Å². The first-order valence-electron chi connectivity index (χ1n) is 8.59. The normalized spacial score (nSPS) is 23.6. The number of nitrogens with two attached hydrogens (primary N) is 1. The maximum atomic E-state index is 12.7. The van der Waals surface area contributed by atoms with Crippen molar-refractivity contribution in [2.75, 3.05) is 44.2 Å². The first kappa shape index (κ1) is 18.0. The van der Waals surface area contributed by atoms with Crippen LogP contribution in [-0.4, -0.2) is 68.1 Å². The average Bonchev–Trinajstić information content (AvgIpc) is 3.10. The van der Waals surface area contributed by atoms with Gasteiger partial charge in [0.25, 0.3) is 0 Å². The van der Waals surface area contributed by atoms with Crippen molar-refractivity contribution in [3.05, 3.63) is 29.3 Å². The fourth-order valence-electron chi connectivity index (χ4n) is 3.42. The van der Waals surface area contributed by atoms with Crippen LogP contribution in [0.15, 0.2) is 24.3 Å². The fraction of sp³-hybridized carbons (Fsp3) is 0.529. The van der Waals surface area contributed by atoms with Crippen molar-refractivity contribution in [3.63, 3.8) is 0 Å². The van der Waals surface area contributed by atoms with E-state index in [1.54, 1.807) is 0 Å². The number of amides is 2. The zero-order valence-electron chi connectivity index (χ0n) is 14.1. The topological polar surface area (TPSA) is 90.7 Å². The van der Waals surface area contributed by atoms with Crippen molar-refractivity contribution in [2.45, 2.75) is 18.5 Å². The molecule has 0 aliphatic carbocycles. The number of hydrogen-bond acceptors (Lipinski definition) is 5. The fourth-order valence-corrected chi connectivity index (χ4v) is 3.67. The first-order valence-corrected chi connectivity index (χ1v) is 8.97. The summed E-state index contributed by atoms with van der Waals surface area (Å²) in [7, 11) is 0. The Labute approximate surface area is 152 Å². The zero-order valence-corrected chi connectivity index (χ0v) is 14.8. The van der Waals surface area contributed by atoms with Gasteiger partial charge in [0.2, 0.25) is 11.8 Å². The summed E-state index contributed by atoms with van der Waals surface area (Å²) >= 11 is 6.25. The summed E-state index contributed by atoms with van der Waals surface area (Å²) in [6, 6.07) is 7.49. The van der Waals surface area contributed by atoms with E-state index in [0.717, 1.165) is 23.8 Å². The molecular weight excluding hydrogens is 342 g/mol. The Hall–Kier alpha value is -1.83. The summed E-state index contributed by atoms with van der Waals surface area (Å²) in [6.45, 7) is 3.43. The van der Waals surface area contributed by atoms with Gasteiger partial charge in [-0.1, -0.05) is 23.7 Å². The highest BCUT2D eigenvalue weighted by atomic mass is 35.5. The molecular formula is C17H24ClN5O2. The molecule has 0 radical (unpaired) electrons. The second-order valence-electron chi connectivity index (χ2n) is 6.43. The number of halogens is 1. The summed E-state index contributed by atoms with van der Waals surface area (Å²) in [6.07, 6.45) is 0.606. The molecule has 2 amide bonds. The Balaban J connectivity index is 1.51. The molecule has 0 bridgehead atoms. The van der Waals surface area contributed by atoms with Crippen molar-refractivity contribution in [3.8, 4) is 0 Å². The first-order chi connectivity index (χ1) is 12.1. The van der Waals surface area contributed by atoms with Crippen LogP contribution in [0.25, 0.3) is 0 Å². The number of hydrogen-bond donors (Lipinski definition) is 3. The van der Waals surface area contributed by atoms with Gasteiger partial charge in [0, 0.05) is 38.8 Å². The van der Waals surface area contributed by atoms with Gasteiger partial charge >= 0.3 is 0 Å². The Morgan fingerprint density at radius 3 is 2.64 bits per heavy atom. The summed E-state index contributed by atoms with van der Waals surface area (Å²) in [4.78, 5) is 28.2. The van der Waals surface area contributed by atoms with Crippen LogP contribution in [0.5, 0.6) is 0 Å². The highest BCUT2D eigenvalue weighted by Crippen LogP contribution is 2.26. The van der Waals surface area contributed by atoms with Crippen molar-refractivity contribution < 1.29 is 9.59 Å². The van der Waals surface area contributed by atoms with Gasteiger partial charge in [0.1, 0.15) is 0 Å². The number of anilines is 1. The number of rotatable bonds is 4. The lowest BCUT2D eigenvalue weighted by molar-refractivity contribution is -0.133. The van der Waals surface area contributed by atoms with Crippen molar-refractivity contribution in [1.82, 2.24) is 15.5 Å². The predicted octanol–water partition coefficient (Wildman–Crippen LogP) is -0.206. The van der Waals surface area contributed by atoms with Crippen LogP contribution in [0.2, 0.25) is 5.02 Å². The smallest absolute Gasteiger partial charge is 0.239 e. The number of benzene rings is 1. The number of nitrogens with one attached hydrogen (secondary N) is 2. The number of para-hydroxylation sites is 1. The maximum Gasteiger partial charge on any atom is 0.239 e. The van der Waals surface area contributed by atoms with Crippen molar-refractivity contribution in [2.24, 2.45) is 5.73 Å². The lowest BCUT2D eigenvalue weighted by atomic mass is 10.1. The minimum atomic E-state index is -0.241. The largest absolute Gasteiger partial charge is 0.367 e. The van der Waals surface area contributed by atoms with Crippen LogP contribution >= 0.6 is 11.6 Å². The molecule has 1 aromatic carbocycles. The molecule has 4 N–H and O–H groups in total. The number of piperazine rings is 1. The quantitative estimate of drug-likeness (QED) is 0.687. The van der Waals surface area contributed by atoms with Crippen LogP contribution in [-0.2, 0) is 9.59 Å². The standard InChI is InChI=1S/C17H24ClN5O2/c18-13-3-1-2-4-15(13)22-5-7-23(8-6-22)17(25)14-9-12(11-20-14)21-16(24)10-19/h1-4,12,14,20H,5-11,19H2,(H,21,24)/t12?,14-/m0/s1. The van der Waals surface area contributed by atoms with Crippen LogP contribution in [0.3, 0.4) is 0 Å². The lowest BCUT2D eigenvalue weighted by Crippen LogP contribution is -2.53. The van der Waals surface area contributed by atoms with E-state index >= 15 is 0 Å². The maximum absolute atomic E-state index is 12.7. The molecule has 2 aliphatic rings. The van der Waals surface area contributed by atoms with E-state index in [4.69, 9.17) is 17.3 Å². The van der Waals surface area contributed by atoms with Crippen molar-refractivity contribution in [1.29, 1.82) is 0 Å². The van der Waals surface area contributed by atoms with Gasteiger partial charge in [0.15, 0.2) is 0 Å². The SMILES string of the molecule is NCC(=O)NC1CN[C@H](C(=O)N2CCN(c3ccccc3Cl)CC2)C1. The van der Waals surface area contributed by atoms with Gasteiger partial charge in [-0.3, -0.25) is 9.59 Å². The summed E-state index contributed by atoms with van der Waals surface area (Å²) in [5, 5.41) is 6.77. The average molecular weight is 366 g/mol. The molecule has 136 valence electrons. The minimum absolute atomic E-state index is 0.0287. The third kappa shape index (κ3) is 4.23. The lowest BCUT2D eigenvalue weighted by Gasteiger charge is -2.37. The molecule has 25 heavy (non-hydrogen) atoms. The second-order valence-corrected chi connectivity index (χ2v) is 6.84. The molecule has 0 aromatic heterocycles. The van der Waals surface area contributed by atoms with E-state index in [2.05, 4.69) is 15.5 Å². The third-order valence-corrected chi connectivity index (χ3v) is 5.08. The van der Waals surface area contributed by atoms with Gasteiger partial charge in [-0.25, -0.2) is 0 Å². The molecule has 2 aliphatic heterocycles. The molecule has 3 rings (SSSR count). The molecule has 2 atom stereocenters. The van der Waals surface area contributed by atoms with Crippen molar-refractivity contribution >= 4 is 29.1 Å². The Bertz CT molecular complexity index is 633. The van der Waals surface area contributed by atoms with E-state index < -0.39 is 0 Å². The van der Waals surface area contributed by atoms with E-state index in [1.165, 1.54) is 0 Å². The summed E-state index contributed by atoms with van der Waals surface area (Å²) < 4.78 is 0. The van der Waals surface area contributed by atoms with Gasteiger partial charge in [-0.2, -0.15) is 0 Å². The molecule has 1 unspecified atom stereocenters.